The summed E-state index contributed by atoms with van der Waals surface area (Å²) >= 11 is 5.38. The van der Waals surface area contributed by atoms with Crippen LogP contribution < -0.4 is 5.32 Å². The Morgan fingerprint density at radius 3 is 2.59 bits per heavy atom. The van der Waals surface area contributed by atoms with Crippen LogP contribution in [0.1, 0.15) is 5.76 Å². The average molecular weight is 319 g/mol. The fourth-order valence-electron chi connectivity index (χ4n) is 2.49. The zero-order chi connectivity index (χ0) is 15.4. The summed E-state index contributed by atoms with van der Waals surface area (Å²) in [4.78, 5) is 4.39. The first-order valence-corrected chi connectivity index (χ1v) is 7.68. The van der Waals surface area contributed by atoms with Gasteiger partial charge in [0.15, 0.2) is 5.11 Å². The number of furan rings is 1. The predicted octanol–water partition coefficient (Wildman–Crippen LogP) is 2.93. The van der Waals surface area contributed by atoms with Gasteiger partial charge >= 0.3 is 0 Å². The van der Waals surface area contributed by atoms with E-state index in [1.54, 1.807) is 24.5 Å². The molecule has 116 valence electrons. The van der Waals surface area contributed by atoms with Crippen LogP contribution in [0.3, 0.4) is 0 Å². The Labute approximate surface area is 134 Å². The van der Waals surface area contributed by atoms with Crippen LogP contribution in [-0.2, 0) is 6.54 Å². The van der Waals surface area contributed by atoms with Crippen molar-refractivity contribution in [2.75, 3.05) is 31.5 Å². The van der Waals surface area contributed by atoms with Crippen molar-refractivity contribution in [3.63, 3.8) is 0 Å². The number of benzene rings is 1. The van der Waals surface area contributed by atoms with E-state index in [2.05, 4.69) is 15.1 Å². The van der Waals surface area contributed by atoms with Crippen molar-refractivity contribution >= 4 is 23.0 Å². The van der Waals surface area contributed by atoms with Crippen molar-refractivity contribution in [3.05, 3.63) is 54.2 Å². The summed E-state index contributed by atoms with van der Waals surface area (Å²) in [5.74, 6) is 0.682. The minimum atomic E-state index is -0.290. The molecule has 1 N–H and O–H groups in total. The van der Waals surface area contributed by atoms with E-state index in [9.17, 15) is 4.39 Å². The highest BCUT2D eigenvalue weighted by atomic mass is 32.1. The molecule has 1 aromatic heterocycles. The quantitative estimate of drug-likeness (QED) is 0.879. The van der Waals surface area contributed by atoms with Crippen LogP contribution in [0.5, 0.6) is 0 Å². The Balaban J connectivity index is 1.50. The molecule has 6 heteroatoms. The Bertz CT molecular complexity index is 624. The van der Waals surface area contributed by atoms with Gasteiger partial charge in [0, 0.05) is 26.2 Å². The number of nitrogens with zero attached hydrogens (tertiary/aromatic N) is 2. The molecule has 2 heterocycles. The number of rotatable bonds is 3. The Morgan fingerprint density at radius 1 is 1.14 bits per heavy atom. The molecule has 3 rings (SSSR count). The van der Waals surface area contributed by atoms with Gasteiger partial charge in [0.1, 0.15) is 11.6 Å². The number of anilines is 1. The molecule has 0 unspecified atom stereocenters. The van der Waals surface area contributed by atoms with E-state index in [0.29, 0.717) is 10.8 Å². The van der Waals surface area contributed by atoms with Crippen molar-refractivity contribution in [2.45, 2.75) is 6.54 Å². The summed E-state index contributed by atoms with van der Waals surface area (Å²) in [6, 6.07) is 10.4. The minimum absolute atomic E-state index is 0.290. The SMILES string of the molecule is Fc1ccccc1NC(=S)N1CCN(Cc2ccco2)CC1. The molecule has 1 saturated heterocycles. The molecular formula is C16H18FN3OS. The van der Waals surface area contributed by atoms with Gasteiger partial charge in [-0.25, -0.2) is 4.39 Å². The average Bonchev–Trinajstić information content (AvgIpc) is 3.03. The highest BCUT2D eigenvalue weighted by Crippen LogP contribution is 2.15. The summed E-state index contributed by atoms with van der Waals surface area (Å²) in [7, 11) is 0. The molecule has 0 spiro atoms. The molecule has 4 nitrogen and oxygen atoms in total. The number of halogens is 1. The molecule has 0 bridgehead atoms. The van der Waals surface area contributed by atoms with Gasteiger partial charge in [-0.1, -0.05) is 12.1 Å². The number of piperazine rings is 1. The van der Waals surface area contributed by atoms with Gasteiger partial charge in [0.05, 0.1) is 18.5 Å². The number of hydrogen-bond donors (Lipinski definition) is 1. The second-order valence-corrected chi connectivity index (χ2v) is 5.64. The van der Waals surface area contributed by atoms with Crippen LogP contribution in [-0.4, -0.2) is 41.1 Å². The van der Waals surface area contributed by atoms with Crippen LogP contribution in [0.4, 0.5) is 10.1 Å². The topological polar surface area (TPSA) is 31.6 Å². The molecule has 0 atom stereocenters. The van der Waals surface area contributed by atoms with Crippen molar-refractivity contribution in [2.24, 2.45) is 0 Å². The number of thiocarbonyl (C=S) groups is 1. The molecule has 1 aliphatic heterocycles. The van der Waals surface area contributed by atoms with Gasteiger partial charge in [-0.15, -0.1) is 0 Å². The lowest BCUT2D eigenvalue weighted by molar-refractivity contribution is 0.166. The molecule has 0 aliphatic carbocycles. The number of para-hydroxylation sites is 1. The van der Waals surface area contributed by atoms with Gasteiger partial charge in [-0.3, -0.25) is 4.90 Å². The maximum Gasteiger partial charge on any atom is 0.173 e. The zero-order valence-electron chi connectivity index (χ0n) is 12.2. The lowest BCUT2D eigenvalue weighted by atomic mass is 10.3. The summed E-state index contributed by atoms with van der Waals surface area (Å²) in [6.07, 6.45) is 1.69. The molecule has 1 aliphatic rings. The molecule has 0 amide bonds. The zero-order valence-corrected chi connectivity index (χ0v) is 13.0. The summed E-state index contributed by atoms with van der Waals surface area (Å²) in [5.41, 5.74) is 0.422. The molecule has 0 saturated carbocycles. The standard InChI is InChI=1S/C16H18FN3OS/c17-14-5-1-2-6-15(14)18-16(22)20-9-7-19(8-10-20)12-13-4-3-11-21-13/h1-6,11H,7-10,12H2,(H,18,22). The fourth-order valence-corrected chi connectivity index (χ4v) is 2.78. The largest absolute Gasteiger partial charge is 0.468 e. The van der Waals surface area contributed by atoms with Crippen molar-refractivity contribution < 1.29 is 8.81 Å². The van der Waals surface area contributed by atoms with Gasteiger partial charge in [-0.05, 0) is 36.5 Å². The van der Waals surface area contributed by atoms with Crippen LogP contribution in [0.25, 0.3) is 0 Å². The highest BCUT2D eigenvalue weighted by molar-refractivity contribution is 7.80. The Morgan fingerprint density at radius 2 is 1.91 bits per heavy atom. The molecule has 1 fully saturated rings. The first-order valence-electron chi connectivity index (χ1n) is 7.27. The van der Waals surface area contributed by atoms with E-state index in [4.69, 9.17) is 16.6 Å². The van der Waals surface area contributed by atoms with E-state index in [1.165, 1.54) is 6.07 Å². The smallest absolute Gasteiger partial charge is 0.173 e. The summed E-state index contributed by atoms with van der Waals surface area (Å²) in [6.45, 7) is 4.26. The van der Waals surface area contributed by atoms with Crippen molar-refractivity contribution in [1.82, 2.24) is 9.80 Å². The van der Waals surface area contributed by atoms with Crippen molar-refractivity contribution in [3.8, 4) is 0 Å². The first-order chi connectivity index (χ1) is 10.7. The maximum atomic E-state index is 13.6. The van der Waals surface area contributed by atoms with Crippen molar-refractivity contribution in [1.29, 1.82) is 0 Å². The fraction of sp³-hybridized carbons (Fsp3) is 0.312. The highest BCUT2D eigenvalue weighted by Gasteiger charge is 2.20. The van der Waals surface area contributed by atoms with Gasteiger partial charge in [0.2, 0.25) is 0 Å². The molecule has 2 aromatic rings. The lowest BCUT2D eigenvalue weighted by Crippen LogP contribution is -2.49. The third kappa shape index (κ3) is 3.64. The van der Waals surface area contributed by atoms with E-state index >= 15 is 0 Å². The maximum absolute atomic E-state index is 13.6. The number of hydrogen-bond acceptors (Lipinski definition) is 3. The van der Waals surface area contributed by atoms with Crippen LogP contribution in [0.2, 0.25) is 0 Å². The molecule has 22 heavy (non-hydrogen) atoms. The first kappa shape index (κ1) is 15.0. The third-order valence-electron chi connectivity index (χ3n) is 3.73. The van der Waals surface area contributed by atoms with Gasteiger partial charge < -0.3 is 14.6 Å². The van der Waals surface area contributed by atoms with Gasteiger partial charge in [0.25, 0.3) is 0 Å². The normalized spacial score (nSPS) is 15.8. The molecule has 1 aromatic carbocycles. The van der Waals surface area contributed by atoms with E-state index in [1.807, 2.05) is 12.1 Å². The number of nitrogens with one attached hydrogen (secondary N) is 1. The Kier molecular flexibility index (Phi) is 4.70. The van der Waals surface area contributed by atoms with E-state index in [-0.39, 0.29) is 5.82 Å². The second-order valence-electron chi connectivity index (χ2n) is 5.25. The van der Waals surface area contributed by atoms with E-state index < -0.39 is 0 Å². The molecule has 0 radical (unpaired) electrons. The predicted molar refractivity (Wildman–Crippen MR) is 88.2 cm³/mol. The Hall–Kier alpha value is -1.92. The second kappa shape index (κ2) is 6.89. The summed E-state index contributed by atoms with van der Waals surface area (Å²) < 4.78 is 19.0. The monoisotopic (exact) mass is 319 g/mol. The molecular weight excluding hydrogens is 301 g/mol. The lowest BCUT2D eigenvalue weighted by Gasteiger charge is -2.35. The van der Waals surface area contributed by atoms with Crippen LogP contribution in [0.15, 0.2) is 47.1 Å². The summed E-state index contributed by atoms with van der Waals surface area (Å²) in [5, 5.41) is 3.56. The minimum Gasteiger partial charge on any atom is -0.468 e. The van der Waals surface area contributed by atoms with Crippen LogP contribution in [0, 0.1) is 5.82 Å². The van der Waals surface area contributed by atoms with Gasteiger partial charge in [-0.2, -0.15) is 0 Å². The van der Waals surface area contributed by atoms with E-state index in [0.717, 1.165) is 38.5 Å². The van der Waals surface area contributed by atoms with Crippen LogP contribution >= 0.6 is 12.2 Å². The third-order valence-corrected chi connectivity index (χ3v) is 4.09.